The van der Waals surface area contributed by atoms with Crippen molar-refractivity contribution in [1.82, 2.24) is 20.3 Å². The summed E-state index contributed by atoms with van der Waals surface area (Å²) >= 11 is 0. The van der Waals surface area contributed by atoms with Crippen molar-refractivity contribution < 1.29 is 19.1 Å². The van der Waals surface area contributed by atoms with E-state index >= 15 is 0 Å². The van der Waals surface area contributed by atoms with E-state index in [1.807, 2.05) is 55.5 Å². The van der Waals surface area contributed by atoms with Gasteiger partial charge in [0.1, 0.15) is 29.6 Å². The van der Waals surface area contributed by atoms with Crippen LogP contribution in [-0.2, 0) is 16.1 Å². The van der Waals surface area contributed by atoms with Crippen LogP contribution in [0.4, 0.5) is 5.69 Å². The summed E-state index contributed by atoms with van der Waals surface area (Å²) in [7, 11) is 3.12. The van der Waals surface area contributed by atoms with Crippen LogP contribution in [-0.4, -0.2) is 47.1 Å². The highest BCUT2D eigenvalue weighted by Crippen LogP contribution is 2.37. The van der Waals surface area contributed by atoms with Crippen molar-refractivity contribution in [2.24, 2.45) is 0 Å². The summed E-state index contributed by atoms with van der Waals surface area (Å²) in [5.74, 6) is 0.466. The third-order valence-corrected chi connectivity index (χ3v) is 7.29. The minimum absolute atomic E-state index is 0.0599. The van der Waals surface area contributed by atoms with Gasteiger partial charge in [0.05, 0.1) is 19.7 Å². The average molecular weight is 528 g/mol. The molecule has 4 aromatic rings. The van der Waals surface area contributed by atoms with E-state index < -0.39 is 6.04 Å². The number of ether oxygens (including phenoxy) is 2. The minimum atomic E-state index is -1.01. The minimum Gasteiger partial charge on any atom is -0.497 e. The third kappa shape index (κ3) is 5.43. The molecule has 1 N–H and O–H groups in total. The first-order valence-corrected chi connectivity index (χ1v) is 13.2. The number of rotatable bonds is 9. The van der Waals surface area contributed by atoms with Crippen LogP contribution in [0, 0.1) is 6.92 Å². The van der Waals surface area contributed by atoms with E-state index in [2.05, 4.69) is 15.6 Å². The summed E-state index contributed by atoms with van der Waals surface area (Å²) < 4.78 is 12.8. The molecule has 9 nitrogen and oxygen atoms in total. The summed E-state index contributed by atoms with van der Waals surface area (Å²) in [5, 5.41) is 11.6. The Balaban J connectivity index is 1.64. The molecule has 9 heteroatoms. The molecule has 202 valence electrons. The van der Waals surface area contributed by atoms with Gasteiger partial charge in [-0.1, -0.05) is 48.4 Å². The fraction of sp³-hybridized carbons (Fsp3) is 0.333. The third-order valence-electron chi connectivity index (χ3n) is 7.29. The van der Waals surface area contributed by atoms with Gasteiger partial charge in [0.25, 0.3) is 0 Å². The Hall–Kier alpha value is -4.40. The first-order chi connectivity index (χ1) is 19.0. The topological polar surface area (TPSA) is 98.6 Å². The molecule has 0 saturated heterocycles. The van der Waals surface area contributed by atoms with E-state index in [4.69, 9.17) is 9.47 Å². The lowest BCUT2D eigenvalue weighted by Gasteiger charge is -2.34. The zero-order chi connectivity index (χ0) is 27.4. The zero-order valence-corrected chi connectivity index (χ0v) is 22.5. The number of anilines is 1. The molecule has 1 fully saturated rings. The molecule has 39 heavy (non-hydrogen) atoms. The van der Waals surface area contributed by atoms with Gasteiger partial charge in [0, 0.05) is 17.3 Å². The Bertz CT molecular complexity index is 1480. The largest absolute Gasteiger partial charge is 0.497 e. The van der Waals surface area contributed by atoms with Crippen LogP contribution in [0.1, 0.15) is 42.9 Å². The van der Waals surface area contributed by atoms with Gasteiger partial charge in [-0.05, 0) is 61.7 Å². The lowest BCUT2D eigenvalue weighted by Crippen LogP contribution is -2.47. The van der Waals surface area contributed by atoms with Crippen molar-refractivity contribution in [3.8, 4) is 11.5 Å². The molecule has 2 amide bonds. The van der Waals surface area contributed by atoms with Gasteiger partial charge in [-0.15, -0.1) is 5.10 Å². The molecule has 1 unspecified atom stereocenters. The van der Waals surface area contributed by atoms with Crippen LogP contribution in [0.5, 0.6) is 11.5 Å². The van der Waals surface area contributed by atoms with Crippen LogP contribution in [0.3, 0.4) is 0 Å². The molecular weight excluding hydrogens is 494 g/mol. The Kier molecular flexibility index (Phi) is 7.76. The molecule has 1 heterocycles. The smallest absolute Gasteiger partial charge is 0.249 e. The molecule has 0 aliphatic heterocycles. The molecule has 1 aromatic heterocycles. The quantitative estimate of drug-likeness (QED) is 0.342. The second-order valence-electron chi connectivity index (χ2n) is 9.79. The summed E-state index contributed by atoms with van der Waals surface area (Å²) in [5.41, 5.74) is 3.45. The molecule has 1 atom stereocenters. The fourth-order valence-corrected chi connectivity index (χ4v) is 5.29. The first kappa shape index (κ1) is 26.2. The summed E-state index contributed by atoms with van der Waals surface area (Å²) in [6.07, 6.45) is 3.96. The number of nitrogens with one attached hydrogen (secondary N) is 1. The summed E-state index contributed by atoms with van der Waals surface area (Å²) in [6.45, 7) is 1.82. The van der Waals surface area contributed by atoms with E-state index in [1.165, 1.54) is 0 Å². The highest BCUT2D eigenvalue weighted by Gasteiger charge is 2.37. The van der Waals surface area contributed by atoms with Crippen molar-refractivity contribution in [1.29, 1.82) is 0 Å². The maximum Gasteiger partial charge on any atom is 0.249 e. The number of benzene rings is 3. The number of nitrogens with zero attached hydrogens (tertiary/aromatic N) is 4. The van der Waals surface area contributed by atoms with Gasteiger partial charge in [-0.3, -0.25) is 14.5 Å². The molecule has 0 spiro atoms. The highest BCUT2D eigenvalue weighted by molar-refractivity contribution is 6.02. The predicted molar refractivity (Wildman–Crippen MR) is 149 cm³/mol. The van der Waals surface area contributed by atoms with Gasteiger partial charge in [-0.25, -0.2) is 4.68 Å². The maximum absolute atomic E-state index is 14.3. The zero-order valence-electron chi connectivity index (χ0n) is 22.5. The Morgan fingerprint density at radius 2 is 1.77 bits per heavy atom. The predicted octanol–water partition coefficient (Wildman–Crippen LogP) is 4.59. The van der Waals surface area contributed by atoms with Gasteiger partial charge in [-0.2, -0.15) is 0 Å². The molecule has 0 radical (unpaired) electrons. The Morgan fingerprint density at radius 1 is 1.03 bits per heavy atom. The number of hydrogen-bond acceptors (Lipinski definition) is 6. The number of aryl methyl sites for hydroxylation is 1. The number of para-hydroxylation sites is 2. The number of amides is 2. The summed E-state index contributed by atoms with van der Waals surface area (Å²) in [6, 6.07) is 19.4. The standard InChI is InChI=1S/C30H33N5O4/c1-20-10-4-8-14-25(20)35(28(36)19-34-26-15-9-7-13-24(26)32-33-34)29(30(37)31-21-11-5-6-12-21)23-18-22(38-2)16-17-27(23)39-3/h4,7-10,13-18,21,29H,5-6,11-12,19H2,1-3H3,(H,31,37). The van der Waals surface area contributed by atoms with Gasteiger partial charge in [0.15, 0.2) is 0 Å². The van der Waals surface area contributed by atoms with Crippen LogP contribution in [0.25, 0.3) is 11.0 Å². The van der Waals surface area contributed by atoms with E-state index in [0.29, 0.717) is 28.3 Å². The van der Waals surface area contributed by atoms with Crippen LogP contribution in [0.15, 0.2) is 66.7 Å². The average Bonchev–Trinajstić information content (AvgIpc) is 3.62. The number of hydrogen-bond donors (Lipinski definition) is 1. The van der Waals surface area contributed by atoms with Crippen LogP contribution < -0.4 is 19.7 Å². The number of aromatic nitrogens is 3. The van der Waals surface area contributed by atoms with Crippen molar-refractivity contribution >= 4 is 28.5 Å². The molecule has 5 rings (SSSR count). The van der Waals surface area contributed by atoms with Gasteiger partial charge in [0.2, 0.25) is 11.8 Å². The molecule has 1 saturated carbocycles. The normalized spacial score (nSPS) is 14.2. The second-order valence-corrected chi connectivity index (χ2v) is 9.79. The molecule has 0 bridgehead atoms. The lowest BCUT2D eigenvalue weighted by molar-refractivity contribution is -0.127. The van der Waals surface area contributed by atoms with E-state index in [9.17, 15) is 9.59 Å². The Morgan fingerprint density at radius 3 is 2.51 bits per heavy atom. The highest BCUT2D eigenvalue weighted by atomic mass is 16.5. The van der Waals surface area contributed by atoms with E-state index in [-0.39, 0.29) is 24.4 Å². The van der Waals surface area contributed by atoms with Crippen molar-refractivity contribution in [3.63, 3.8) is 0 Å². The Labute approximate surface area is 227 Å². The summed E-state index contributed by atoms with van der Waals surface area (Å²) in [4.78, 5) is 30.0. The van der Waals surface area contributed by atoms with Crippen LogP contribution >= 0.6 is 0 Å². The van der Waals surface area contributed by atoms with Crippen molar-refractivity contribution in [2.45, 2.75) is 51.2 Å². The molecule has 1 aliphatic rings. The van der Waals surface area contributed by atoms with Crippen LogP contribution in [0.2, 0.25) is 0 Å². The van der Waals surface area contributed by atoms with E-state index in [1.54, 1.807) is 42.0 Å². The van der Waals surface area contributed by atoms with Crippen molar-refractivity contribution in [2.75, 3.05) is 19.1 Å². The van der Waals surface area contributed by atoms with Gasteiger partial charge >= 0.3 is 0 Å². The molecule has 1 aliphatic carbocycles. The fourth-order valence-electron chi connectivity index (χ4n) is 5.29. The first-order valence-electron chi connectivity index (χ1n) is 13.2. The van der Waals surface area contributed by atoms with Crippen molar-refractivity contribution in [3.05, 3.63) is 77.9 Å². The second kappa shape index (κ2) is 11.6. The van der Waals surface area contributed by atoms with Gasteiger partial charge < -0.3 is 14.8 Å². The number of carbonyl (C=O) groups is 2. The molecular formula is C30H33N5O4. The monoisotopic (exact) mass is 527 g/mol. The van der Waals surface area contributed by atoms with E-state index in [0.717, 1.165) is 36.8 Å². The molecule has 3 aromatic carbocycles. The maximum atomic E-state index is 14.3. The lowest BCUT2D eigenvalue weighted by atomic mass is 9.99. The number of carbonyl (C=O) groups excluding carboxylic acids is 2. The SMILES string of the molecule is COc1ccc(OC)c(C(C(=O)NC2CCCC2)N(C(=O)Cn2nnc3ccccc32)c2ccccc2C)c1. The number of fused-ring (bicyclic) bond motifs is 1. The number of methoxy groups -OCH3 is 2.